The molecule has 0 spiro atoms. The summed E-state index contributed by atoms with van der Waals surface area (Å²) >= 11 is 24.8. The first kappa shape index (κ1) is 16.7. The Balaban J connectivity index is 2.49. The number of nitrogens with two attached hydrogens (primary N) is 1. The summed E-state index contributed by atoms with van der Waals surface area (Å²) in [4.78, 5) is 0. The van der Waals surface area contributed by atoms with Crippen molar-refractivity contribution in [1.82, 2.24) is 0 Å². The topological polar surface area (TPSA) is 35.2 Å². The van der Waals surface area contributed by atoms with Crippen LogP contribution in [0.4, 0.5) is 0 Å². The van der Waals surface area contributed by atoms with Crippen LogP contribution in [0.15, 0.2) is 30.3 Å². The van der Waals surface area contributed by atoms with Gasteiger partial charge >= 0.3 is 0 Å². The highest BCUT2D eigenvalue weighted by Crippen LogP contribution is 2.39. The lowest BCUT2D eigenvalue weighted by Gasteiger charge is -2.18. The Hall–Kier alpha value is -0.640. The third-order valence-corrected chi connectivity index (χ3v) is 4.28. The maximum atomic E-state index is 6.28. The monoisotopic (exact) mass is 363 g/mol. The molecule has 0 bridgehead atoms. The van der Waals surface area contributed by atoms with Crippen molar-refractivity contribution in [1.29, 1.82) is 0 Å². The lowest BCUT2D eigenvalue weighted by molar-refractivity contribution is 0.340. The fourth-order valence-electron chi connectivity index (χ4n) is 2.01. The summed E-state index contributed by atoms with van der Waals surface area (Å²) in [5.41, 5.74) is 7.51. The predicted octanol–water partition coefficient (Wildman–Crippen LogP) is 5.75. The number of hydrogen-bond donors (Lipinski definition) is 1. The van der Waals surface area contributed by atoms with E-state index < -0.39 is 6.04 Å². The van der Waals surface area contributed by atoms with Gasteiger partial charge in [0.25, 0.3) is 0 Å². The summed E-state index contributed by atoms with van der Waals surface area (Å²) < 4.78 is 5.40. The molecule has 6 heteroatoms. The van der Waals surface area contributed by atoms with E-state index in [1.165, 1.54) is 0 Å². The van der Waals surface area contributed by atoms with Crippen LogP contribution in [0.25, 0.3) is 0 Å². The van der Waals surface area contributed by atoms with Crippen molar-refractivity contribution in [3.63, 3.8) is 0 Å². The fraction of sp³-hybridized carbons (Fsp3) is 0.200. The quantitative estimate of drug-likeness (QED) is 0.749. The molecule has 2 nitrogen and oxygen atoms in total. The van der Waals surface area contributed by atoms with Crippen LogP contribution in [-0.4, -0.2) is 6.61 Å². The first-order valence-electron chi connectivity index (χ1n) is 6.27. The molecule has 2 rings (SSSR count). The normalized spacial score (nSPS) is 12.3. The van der Waals surface area contributed by atoms with Gasteiger partial charge in [-0.1, -0.05) is 52.5 Å². The van der Waals surface area contributed by atoms with Gasteiger partial charge in [-0.3, -0.25) is 0 Å². The van der Waals surface area contributed by atoms with Gasteiger partial charge in [-0.05, 0) is 30.7 Å². The number of hydrogen-bond acceptors (Lipinski definition) is 2. The Morgan fingerprint density at radius 2 is 1.62 bits per heavy atom. The first-order valence-corrected chi connectivity index (χ1v) is 7.78. The summed E-state index contributed by atoms with van der Waals surface area (Å²) in [5, 5.41) is 1.85. The molecule has 21 heavy (non-hydrogen) atoms. The molecular weight excluding hydrogens is 352 g/mol. The molecule has 0 aliphatic heterocycles. The number of benzene rings is 2. The van der Waals surface area contributed by atoms with Gasteiger partial charge in [0, 0.05) is 26.7 Å². The average Bonchev–Trinajstić information content (AvgIpc) is 2.42. The van der Waals surface area contributed by atoms with Gasteiger partial charge in [0.2, 0.25) is 0 Å². The van der Waals surface area contributed by atoms with Gasteiger partial charge in [0.1, 0.15) is 5.75 Å². The van der Waals surface area contributed by atoms with E-state index in [-0.39, 0.29) is 0 Å². The maximum absolute atomic E-state index is 6.28. The van der Waals surface area contributed by atoms with Gasteiger partial charge in [0.05, 0.1) is 17.7 Å². The summed E-state index contributed by atoms with van der Waals surface area (Å²) in [6, 6.07) is 7.96. The molecule has 0 aromatic heterocycles. The van der Waals surface area contributed by atoms with Crippen molar-refractivity contribution in [3.05, 3.63) is 61.5 Å². The van der Waals surface area contributed by atoms with Crippen LogP contribution in [0.5, 0.6) is 5.75 Å². The molecule has 0 aliphatic carbocycles. The van der Waals surface area contributed by atoms with Crippen LogP contribution in [0.3, 0.4) is 0 Å². The lowest BCUT2D eigenvalue weighted by atomic mass is 9.99. The Morgan fingerprint density at radius 1 is 1.00 bits per heavy atom. The molecule has 1 unspecified atom stereocenters. The molecule has 0 aliphatic rings. The Morgan fingerprint density at radius 3 is 2.19 bits per heavy atom. The van der Waals surface area contributed by atoms with Crippen LogP contribution in [0, 0.1) is 0 Å². The van der Waals surface area contributed by atoms with Crippen LogP contribution in [-0.2, 0) is 0 Å². The molecule has 2 N–H and O–H groups in total. The summed E-state index contributed by atoms with van der Waals surface area (Å²) in [6.07, 6.45) is 0. The Bertz CT molecular complexity index is 640. The molecule has 0 saturated heterocycles. The second kappa shape index (κ2) is 7.08. The van der Waals surface area contributed by atoms with Gasteiger partial charge in [-0.25, -0.2) is 0 Å². The third kappa shape index (κ3) is 3.58. The Kier molecular flexibility index (Phi) is 5.64. The van der Waals surface area contributed by atoms with Gasteiger partial charge in [0.15, 0.2) is 0 Å². The molecule has 2 aromatic carbocycles. The standard InChI is InChI=1S/C15H13Cl4NO/c1-2-21-13-7-11(18)8(6-12(13)19)15(20)14-9(16)4-3-5-10(14)17/h3-7,15H,2,20H2,1H3. The van der Waals surface area contributed by atoms with Crippen LogP contribution >= 0.6 is 46.4 Å². The van der Waals surface area contributed by atoms with E-state index in [2.05, 4.69) is 0 Å². The van der Waals surface area contributed by atoms with E-state index in [0.29, 0.717) is 43.6 Å². The molecule has 0 fully saturated rings. The van der Waals surface area contributed by atoms with E-state index in [1.807, 2.05) is 6.92 Å². The lowest BCUT2D eigenvalue weighted by Crippen LogP contribution is -2.14. The minimum atomic E-state index is -0.577. The minimum Gasteiger partial charge on any atom is -0.492 e. The number of halogens is 4. The number of ether oxygens (including phenoxy) is 1. The summed E-state index contributed by atoms with van der Waals surface area (Å²) in [6.45, 7) is 2.37. The van der Waals surface area contributed by atoms with Gasteiger partial charge in [-0.2, -0.15) is 0 Å². The molecule has 0 radical (unpaired) electrons. The fourth-order valence-corrected chi connectivity index (χ4v) is 3.14. The van der Waals surface area contributed by atoms with E-state index in [0.717, 1.165) is 0 Å². The molecule has 0 amide bonds. The Labute approximate surface area is 143 Å². The van der Waals surface area contributed by atoms with Crippen molar-refractivity contribution >= 4 is 46.4 Å². The van der Waals surface area contributed by atoms with Crippen molar-refractivity contribution in [3.8, 4) is 5.75 Å². The third-order valence-electron chi connectivity index (χ3n) is 3.00. The molecule has 1 atom stereocenters. The second-order valence-electron chi connectivity index (χ2n) is 4.35. The van der Waals surface area contributed by atoms with Gasteiger partial charge < -0.3 is 10.5 Å². The summed E-state index contributed by atoms with van der Waals surface area (Å²) in [7, 11) is 0. The van der Waals surface area contributed by atoms with Crippen molar-refractivity contribution < 1.29 is 4.74 Å². The van der Waals surface area contributed by atoms with E-state index >= 15 is 0 Å². The highest BCUT2D eigenvalue weighted by atomic mass is 35.5. The SMILES string of the molecule is CCOc1cc(Cl)c(C(N)c2c(Cl)cccc2Cl)cc1Cl. The number of rotatable bonds is 4. The minimum absolute atomic E-state index is 0.440. The van der Waals surface area contributed by atoms with E-state index in [4.69, 9.17) is 56.9 Å². The van der Waals surface area contributed by atoms with Crippen LogP contribution < -0.4 is 10.5 Å². The zero-order valence-electron chi connectivity index (χ0n) is 11.2. The zero-order valence-corrected chi connectivity index (χ0v) is 14.2. The average molecular weight is 365 g/mol. The highest BCUT2D eigenvalue weighted by Gasteiger charge is 2.20. The molecule has 0 saturated carbocycles. The predicted molar refractivity (Wildman–Crippen MR) is 90.1 cm³/mol. The van der Waals surface area contributed by atoms with Crippen LogP contribution in [0.1, 0.15) is 24.1 Å². The van der Waals surface area contributed by atoms with Crippen molar-refractivity contribution in [2.24, 2.45) is 5.73 Å². The summed E-state index contributed by atoms with van der Waals surface area (Å²) in [5.74, 6) is 0.519. The van der Waals surface area contributed by atoms with E-state index in [1.54, 1.807) is 30.3 Å². The van der Waals surface area contributed by atoms with Crippen molar-refractivity contribution in [2.45, 2.75) is 13.0 Å². The molecular formula is C15H13Cl4NO. The van der Waals surface area contributed by atoms with Crippen molar-refractivity contribution in [2.75, 3.05) is 6.61 Å². The van der Waals surface area contributed by atoms with Gasteiger partial charge in [-0.15, -0.1) is 0 Å². The molecule has 0 heterocycles. The zero-order chi connectivity index (χ0) is 15.6. The maximum Gasteiger partial charge on any atom is 0.139 e. The molecule has 112 valence electrons. The molecule has 2 aromatic rings. The highest BCUT2D eigenvalue weighted by molar-refractivity contribution is 6.36. The van der Waals surface area contributed by atoms with Crippen LogP contribution in [0.2, 0.25) is 20.1 Å². The largest absolute Gasteiger partial charge is 0.492 e. The van der Waals surface area contributed by atoms with E-state index in [9.17, 15) is 0 Å². The smallest absolute Gasteiger partial charge is 0.139 e. The first-order chi connectivity index (χ1) is 9.95. The second-order valence-corrected chi connectivity index (χ2v) is 5.98.